The van der Waals surface area contributed by atoms with Crippen LogP contribution in [0.5, 0.6) is 0 Å². The summed E-state index contributed by atoms with van der Waals surface area (Å²) in [4.78, 5) is 21.7. The number of carboxylic acids is 1. The Kier molecular flexibility index (Phi) is 6.03. The molecule has 0 fully saturated rings. The average Bonchev–Trinajstić information content (AvgIpc) is 2.09. The molecule has 0 aliphatic heterocycles. The Bertz CT molecular complexity index is 245. The number of hydrogen-bond acceptors (Lipinski definition) is 3. The van der Waals surface area contributed by atoms with Crippen LogP contribution in [0.15, 0.2) is 0 Å². The third-order valence-electron chi connectivity index (χ3n) is 1.81. The van der Waals surface area contributed by atoms with Gasteiger partial charge in [-0.25, -0.2) is 0 Å². The lowest BCUT2D eigenvalue weighted by Gasteiger charge is -2.19. The molecule has 0 aromatic heterocycles. The molecule has 1 amide bonds. The first kappa shape index (κ1) is 14.9. The van der Waals surface area contributed by atoms with Gasteiger partial charge in [0.1, 0.15) is 6.61 Å². The minimum absolute atomic E-state index is 0.00327. The van der Waals surface area contributed by atoms with Crippen molar-refractivity contribution in [1.82, 2.24) is 5.32 Å². The molecule has 0 bridgehead atoms. The molecule has 5 nitrogen and oxygen atoms in total. The SMILES string of the molecule is CC(CNC(=O)COC(C)(C)C)CC(=O)O. The Labute approximate surface area is 96.2 Å². The van der Waals surface area contributed by atoms with Crippen molar-refractivity contribution in [2.45, 2.75) is 39.7 Å². The molecule has 0 aromatic carbocycles. The van der Waals surface area contributed by atoms with Gasteiger partial charge in [0.25, 0.3) is 0 Å². The van der Waals surface area contributed by atoms with E-state index < -0.39 is 5.97 Å². The van der Waals surface area contributed by atoms with Crippen molar-refractivity contribution in [2.75, 3.05) is 13.2 Å². The van der Waals surface area contributed by atoms with Gasteiger partial charge in [-0.3, -0.25) is 9.59 Å². The van der Waals surface area contributed by atoms with E-state index in [2.05, 4.69) is 5.32 Å². The van der Waals surface area contributed by atoms with Crippen molar-refractivity contribution in [1.29, 1.82) is 0 Å². The third-order valence-corrected chi connectivity index (χ3v) is 1.81. The van der Waals surface area contributed by atoms with Crippen LogP contribution in [-0.2, 0) is 14.3 Å². The molecule has 0 spiro atoms. The monoisotopic (exact) mass is 231 g/mol. The van der Waals surface area contributed by atoms with E-state index in [1.807, 2.05) is 20.8 Å². The molecule has 0 aliphatic carbocycles. The molecule has 1 atom stereocenters. The molecule has 2 N–H and O–H groups in total. The van der Waals surface area contributed by atoms with Crippen LogP contribution in [0.4, 0.5) is 0 Å². The van der Waals surface area contributed by atoms with Gasteiger partial charge in [0.2, 0.25) is 5.91 Å². The van der Waals surface area contributed by atoms with Crippen molar-refractivity contribution in [2.24, 2.45) is 5.92 Å². The molecule has 5 heteroatoms. The second kappa shape index (κ2) is 6.48. The van der Waals surface area contributed by atoms with E-state index in [0.717, 1.165) is 0 Å². The highest BCUT2D eigenvalue weighted by Gasteiger charge is 2.14. The molecular formula is C11H21NO4. The standard InChI is InChI=1S/C11H21NO4/c1-8(5-10(14)15)6-12-9(13)7-16-11(2,3)4/h8H,5-7H2,1-4H3,(H,12,13)(H,14,15). The molecule has 94 valence electrons. The smallest absolute Gasteiger partial charge is 0.303 e. The van der Waals surface area contributed by atoms with E-state index in [-0.39, 0.29) is 30.5 Å². The zero-order chi connectivity index (χ0) is 12.8. The first-order valence-corrected chi connectivity index (χ1v) is 5.33. The van der Waals surface area contributed by atoms with Crippen LogP contribution in [0, 0.1) is 5.92 Å². The molecule has 0 aliphatic rings. The first-order chi connectivity index (χ1) is 7.20. The second-order valence-corrected chi connectivity index (χ2v) is 4.91. The quantitative estimate of drug-likeness (QED) is 0.716. The van der Waals surface area contributed by atoms with Gasteiger partial charge in [-0.15, -0.1) is 0 Å². The summed E-state index contributed by atoms with van der Waals surface area (Å²) in [5.41, 5.74) is -0.343. The molecule has 0 rings (SSSR count). The van der Waals surface area contributed by atoms with Crippen LogP contribution in [-0.4, -0.2) is 35.7 Å². The highest BCUT2D eigenvalue weighted by atomic mass is 16.5. The average molecular weight is 231 g/mol. The number of amides is 1. The van der Waals surface area contributed by atoms with Gasteiger partial charge in [-0.05, 0) is 26.7 Å². The predicted octanol–water partition coefficient (Wildman–Crippen LogP) is 1.03. The van der Waals surface area contributed by atoms with E-state index >= 15 is 0 Å². The number of carbonyl (C=O) groups excluding carboxylic acids is 1. The Balaban J connectivity index is 3.69. The second-order valence-electron chi connectivity index (χ2n) is 4.91. The lowest BCUT2D eigenvalue weighted by Crippen LogP contribution is -2.34. The zero-order valence-electron chi connectivity index (χ0n) is 10.4. The van der Waals surface area contributed by atoms with Crippen molar-refractivity contribution >= 4 is 11.9 Å². The van der Waals surface area contributed by atoms with Gasteiger partial charge in [0, 0.05) is 13.0 Å². The zero-order valence-corrected chi connectivity index (χ0v) is 10.4. The van der Waals surface area contributed by atoms with Gasteiger partial charge >= 0.3 is 5.97 Å². The fourth-order valence-corrected chi connectivity index (χ4v) is 0.991. The summed E-state index contributed by atoms with van der Waals surface area (Å²) in [6.07, 6.45) is 0.0560. The lowest BCUT2D eigenvalue weighted by molar-refractivity contribution is -0.138. The molecule has 0 heterocycles. The fraction of sp³-hybridized carbons (Fsp3) is 0.818. The van der Waals surface area contributed by atoms with E-state index in [1.54, 1.807) is 6.92 Å². The number of carboxylic acid groups (broad SMARTS) is 1. The maximum absolute atomic E-state index is 11.3. The minimum atomic E-state index is -0.854. The summed E-state index contributed by atoms with van der Waals surface area (Å²) in [7, 11) is 0. The van der Waals surface area contributed by atoms with Gasteiger partial charge in [0.05, 0.1) is 5.60 Å². The van der Waals surface area contributed by atoms with Crippen molar-refractivity contribution < 1.29 is 19.4 Å². The maximum Gasteiger partial charge on any atom is 0.303 e. The minimum Gasteiger partial charge on any atom is -0.481 e. The van der Waals surface area contributed by atoms with Crippen LogP contribution < -0.4 is 5.32 Å². The van der Waals surface area contributed by atoms with Crippen LogP contribution in [0.3, 0.4) is 0 Å². The fourth-order valence-electron chi connectivity index (χ4n) is 0.991. The van der Waals surface area contributed by atoms with Gasteiger partial charge in [-0.2, -0.15) is 0 Å². The molecule has 0 radical (unpaired) electrons. The van der Waals surface area contributed by atoms with Crippen LogP contribution in [0.2, 0.25) is 0 Å². The largest absolute Gasteiger partial charge is 0.481 e. The van der Waals surface area contributed by atoms with Crippen molar-refractivity contribution in [3.8, 4) is 0 Å². The third kappa shape index (κ3) is 9.45. The summed E-state index contributed by atoms with van der Waals surface area (Å²) in [6.45, 7) is 7.74. The van der Waals surface area contributed by atoms with Crippen LogP contribution in [0.1, 0.15) is 34.1 Å². The lowest BCUT2D eigenvalue weighted by atomic mass is 10.1. The normalized spacial score (nSPS) is 13.2. The number of rotatable bonds is 6. The Morgan fingerprint density at radius 3 is 2.38 bits per heavy atom. The molecule has 0 saturated carbocycles. The highest BCUT2D eigenvalue weighted by molar-refractivity contribution is 5.77. The Morgan fingerprint density at radius 2 is 1.94 bits per heavy atom. The summed E-state index contributed by atoms with van der Waals surface area (Å²) in [5.74, 6) is -1.14. The molecule has 1 unspecified atom stereocenters. The summed E-state index contributed by atoms with van der Waals surface area (Å²) in [6, 6.07) is 0. The predicted molar refractivity (Wildman–Crippen MR) is 60.1 cm³/mol. The molecular weight excluding hydrogens is 210 g/mol. The maximum atomic E-state index is 11.3. The van der Waals surface area contributed by atoms with Gasteiger partial charge < -0.3 is 15.2 Å². The number of aliphatic carboxylic acids is 1. The van der Waals surface area contributed by atoms with Crippen molar-refractivity contribution in [3.05, 3.63) is 0 Å². The van der Waals surface area contributed by atoms with Gasteiger partial charge in [0.15, 0.2) is 0 Å². The Morgan fingerprint density at radius 1 is 1.38 bits per heavy atom. The molecule has 16 heavy (non-hydrogen) atoms. The number of ether oxygens (including phenoxy) is 1. The highest BCUT2D eigenvalue weighted by Crippen LogP contribution is 2.05. The van der Waals surface area contributed by atoms with E-state index in [9.17, 15) is 9.59 Å². The molecule has 0 saturated heterocycles. The summed E-state index contributed by atoms with van der Waals surface area (Å²) >= 11 is 0. The number of nitrogens with one attached hydrogen (secondary N) is 1. The van der Waals surface area contributed by atoms with Crippen molar-refractivity contribution in [3.63, 3.8) is 0 Å². The van der Waals surface area contributed by atoms with Crippen LogP contribution in [0.25, 0.3) is 0 Å². The topological polar surface area (TPSA) is 75.6 Å². The van der Waals surface area contributed by atoms with Crippen LogP contribution >= 0.6 is 0 Å². The summed E-state index contributed by atoms with van der Waals surface area (Å²) < 4.78 is 5.28. The van der Waals surface area contributed by atoms with E-state index in [4.69, 9.17) is 9.84 Å². The van der Waals surface area contributed by atoms with E-state index in [1.165, 1.54) is 0 Å². The Hall–Kier alpha value is -1.10. The number of carbonyl (C=O) groups is 2. The molecule has 0 aromatic rings. The summed E-state index contributed by atoms with van der Waals surface area (Å²) in [5, 5.41) is 11.2. The van der Waals surface area contributed by atoms with Gasteiger partial charge in [-0.1, -0.05) is 6.92 Å². The first-order valence-electron chi connectivity index (χ1n) is 5.33. The number of hydrogen-bond donors (Lipinski definition) is 2. The van der Waals surface area contributed by atoms with E-state index in [0.29, 0.717) is 6.54 Å².